The van der Waals surface area contributed by atoms with Gasteiger partial charge in [0.1, 0.15) is 13.2 Å². The van der Waals surface area contributed by atoms with Crippen molar-refractivity contribution in [1.29, 1.82) is 0 Å². The zero-order chi connectivity index (χ0) is 66.1. The highest BCUT2D eigenvalue weighted by molar-refractivity contribution is 5.71. The number of nitrogens with zero attached hydrogens (tertiary/aromatic N) is 1. The third-order valence-corrected chi connectivity index (χ3v) is 15.6. The topological polar surface area (TPSA) is 108 Å². The highest BCUT2D eigenvalue weighted by Crippen LogP contribution is 2.17. The van der Waals surface area contributed by atoms with Crippen LogP contribution in [0.5, 0.6) is 0 Å². The minimum Gasteiger partial charge on any atom is -0.477 e. The molecule has 0 saturated heterocycles. The molecule has 2 atom stereocenters. The lowest BCUT2D eigenvalue weighted by atomic mass is 10.0. The molecule has 91 heavy (non-hydrogen) atoms. The highest BCUT2D eigenvalue weighted by atomic mass is 16.7. The molecule has 1 N–H and O–H groups in total. The van der Waals surface area contributed by atoms with E-state index in [0.717, 1.165) is 116 Å². The van der Waals surface area contributed by atoms with Gasteiger partial charge >= 0.3 is 17.9 Å². The lowest BCUT2D eigenvalue weighted by molar-refractivity contribution is -0.870. The molecule has 2 unspecified atom stereocenters. The van der Waals surface area contributed by atoms with Crippen LogP contribution in [-0.2, 0) is 33.3 Å². The quantitative estimate of drug-likeness (QED) is 0.0211. The summed E-state index contributed by atoms with van der Waals surface area (Å²) in [4.78, 5) is 37.7. The van der Waals surface area contributed by atoms with Gasteiger partial charge in [-0.2, -0.15) is 0 Å². The average Bonchev–Trinajstić information content (AvgIpc) is 3.46. The van der Waals surface area contributed by atoms with Crippen LogP contribution in [0.1, 0.15) is 296 Å². The number of hydrogen-bond acceptors (Lipinski definition) is 7. The zero-order valence-electron chi connectivity index (χ0n) is 59.2. The summed E-state index contributed by atoms with van der Waals surface area (Å²) in [6.45, 7) is 4.66. The lowest BCUT2D eigenvalue weighted by Gasteiger charge is -2.25. The minimum atomic E-state index is -1.52. The second kappa shape index (κ2) is 71.0. The number of rotatable bonds is 67. The molecule has 0 aromatic carbocycles. The normalized spacial score (nSPS) is 13.5. The van der Waals surface area contributed by atoms with Gasteiger partial charge in [0.15, 0.2) is 6.10 Å². The number of carbonyl (C=O) groups is 3. The Morgan fingerprint density at radius 1 is 0.330 bits per heavy atom. The molecular formula is C82H138NO8+. The van der Waals surface area contributed by atoms with Crippen molar-refractivity contribution >= 4 is 17.9 Å². The molecule has 0 aliphatic heterocycles. The van der Waals surface area contributed by atoms with Crippen LogP contribution in [0.15, 0.2) is 146 Å². The van der Waals surface area contributed by atoms with Crippen LogP contribution in [-0.4, -0.2) is 87.4 Å². The standard InChI is InChI=1S/C82H137NO8/c1-6-8-10-12-14-16-18-20-22-24-26-28-30-32-34-36-38-39-40-41-43-45-47-49-51-53-55-57-59-61-63-65-67-69-71-73-80(85)91-78(77-90-82(81(86)87)88-75-74-83(3,4)5)76-89-79(84)72-70-68-66-64-62-60-58-56-54-52-50-48-46-44-42-37-35-33-31-29-27-25-23-21-19-17-15-13-11-9-7-2/h8-11,14-17,20-23,26-29,32-35,38-39,41,43,78,82H,6-7,12-13,18-19,24-25,30-31,36-37,40,42,44-77H2,1-5H3/p+1/b10-8-,11-9-,16-14-,17-15-,22-20-,23-21-,28-26-,29-27-,34-32-,35-33-,39-38-,43-41-. The first-order valence-corrected chi connectivity index (χ1v) is 37.0. The van der Waals surface area contributed by atoms with Crippen LogP contribution in [0.25, 0.3) is 0 Å². The molecule has 0 spiro atoms. The summed E-state index contributed by atoms with van der Waals surface area (Å²) in [5.41, 5.74) is 0. The predicted molar refractivity (Wildman–Crippen MR) is 391 cm³/mol. The maximum Gasteiger partial charge on any atom is 0.361 e. The highest BCUT2D eigenvalue weighted by Gasteiger charge is 2.25. The van der Waals surface area contributed by atoms with Crippen LogP contribution in [0.4, 0.5) is 0 Å². The third-order valence-electron chi connectivity index (χ3n) is 15.6. The molecule has 518 valence electrons. The van der Waals surface area contributed by atoms with Crippen molar-refractivity contribution in [3.05, 3.63) is 146 Å². The molecule has 0 fully saturated rings. The monoisotopic (exact) mass is 1270 g/mol. The van der Waals surface area contributed by atoms with Gasteiger partial charge in [-0.15, -0.1) is 0 Å². The van der Waals surface area contributed by atoms with E-state index < -0.39 is 24.3 Å². The molecule has 0 rings (SSSR count). The van der Waals surface area contributed by atoms with Crippen molar-refractivity contribution in [3.63, 3.8) is 0 Å². The van der Waals surface area contributed by atoms with E-state index in [0.29, 0.717) is 23.9 Å². The molecule has 9 nitrogen and oxygen atoms in total. The Kier molecular flexibility index (Phi) is 67.3. The average molecular weight is 1270 g/mol. The Morgan fingerprint density at radius 2 is 0.593 bits per heavy atom. The number of aliphatic carboxylic acids is 1. The first kappa shape index (κ1) is 86.2. The number of hydrogen-bond donors (Lipinski definition) is 1. The predicted octanol–water partition coefficient (Wildman–Crippen LogP) is 23.5. The number of carboxylic acid groups (broad SMARTS) is 1. The van der Waals surface area contributed by atoms with Gasteiger partial charge in [-0.3, -0.25) is 9.59 Å². The van der Waals surface area contributed by atoms with Crippen LogP contribution >= 0.6 is 0 Å². The van der Waals surface area contributed by atoms with E-state index in [1.165, 1.54) is 148 Å². The van der Waals surface area contributed by atoms with E-state index in [4.69, 9.17) is 18.9 Å². The largest absolute Gasteiger partial charge is 0.477 e. The minimum absolute atomic E-state index is 0.182. The maximum absolute atomic E-state index is 13.0. The van der Waals surface area contributed by atoms with E-state index >= 15 is 0 Å². The van der Waals surface area contributed by atoms with Crippen molar-refractivity contribution in [1.82, 2.24) is 0 Å². The van der Waals surface area contributed by atoms with Gasteiger partial charge in [0.05, 0.1) is 34.4 Å². The number of likely N-dealkylation sites (N-methyl/N-ethyl adjacent to an activating group) is 1. The third kappa shape index (κ3) is 72.5. The number of allylic oxidation sites excluding steroid dienone is 24. The fourth-order valence-electron chi connectivity index (χ4n) is 10.0. The molecule has 0 heterocycles. The van der Waals surface area contributed by atoms with Gasteiger partial charge in [-0.25, -0.2) is 4.79 Å². The van der Waals surface area contributed by atoms with Crippen molar-refractivity contribution < 1.29 is 42.9 Å². The summed E-state index contributed by atoms with van der Waals surface area (Å²) in [5.74, 6) is -2.01. The summed E-state index contributed by atoms with van der Waals surface area (Å²) in [7, 11) is 5.98. The smallest absolute Gasteiger partial charge is 0.361 e. The molecule has 0 bridgehead atoms. The van der Waals surface area contributed by atoms with Gasteiger partial charge in [-0.1, -0.05) is 314 Å². The number of esters is 2. The number of unbranched alkanes of at least 4 members (excludes halogenated alkanes) is 28. The van der Waals surface area contributed by atoms with Crippen LogP contribution in [0.2, 0.25) is 0 Å². The van der Waals surface area contributed by atoms with Gasteiger partial charge in [0.2, 0.25) is 0 Å². The molecule has 0 aromatic rings. The van der Waals surface area contributed by atoms with Crippen molar-refractivity contribution in [2.75, 3.05) is 47.5 Å². The first-order chi connectivity index (χ1) is 44.6. The lowest BCUT2D eigenvalue weighted by Crippen LogP contribution is -2.40. The van der Waals surface area contributed by atoms with Crippen molar-refractivity contribution in [2.24, 2.45) is 0 Å². The summed E-state index contributed by atoms with van der Waals surface area (Å²) in [6, 6.07) is 0. The van der Waals surface area contributed by atoms with E-state index in [9.17, 15) is 19.5 Å². The van der Waals surface area contributed by atoms with Crippen molar-refractivity contribution in [2.45, 2.75) is 309 Å². The summed E-state index contributed by atoms with van der Waals surface area (Å²) in [6.07, 6.45) is 101. The first-order valence-electron chi connectivity index (χ1n) is 37.0. The number of ether oxygens (including phenoxy) is 4. The molecule has 0 aliphatic rings. The number of carboxylic acids is 1. The summed E-state index contributed by atoms with van der Waals surface area (Å²) < 4.78 is 23.0. The molecule has 0 radical (unpaired) electrons. The Bertz CT molecular complexity index is 2010. The van der Waals surface area contributed by atoms with E-state index in [2.05, 4.69) is 160 Å². The maximum atomic E-state index is 13.0. The number of carbonyl (C=O) groups excluding carboxylic acids is 2. The number of quaternary nitrogens is 1. The van der Waals surface area contributed by atoms with E-state index in [1.807, 2.05) is 21.1 Å². The fraction of sp³-hybridized carbons (Fsp3) is 0.671. The Morgan fingerprint density at radius 3 is 0.879 bits per heavy atom. The van der Waals surface area contributed by atoms with Crippen LogP contribution in [0.3, 0.4) is 0 Å². The molecular weight excluding hydrogens is 1130 g/mol. The molecule has 0 amide bonds. The fourth-order valence-corrected chi connectivity index (χ4v) is 10.0. The zero-order valence-corrected chi connectivity index (χ0v) is 59.2. The Labute approximate surface area is 560 Å². The SMILES string of the molecule is CC/C=C\C/C=C\C/C=C\C/C=C\C/C=C\C/C=C\C/C=C\CCCCCCCCCCCCCCCC(=O)OC(COC(=O)CCCCCCCCCCCCCCCCC/C=C\C/C=C\C/C=C\C/C=C\C/C=C\CC)COC(OCC[N+](C)(C)C)C(=O)O. The van der Waals surface area contributed by atoms with E-state index in [1.54, 1.807) is 0 Å². The van der Waals surface area contributed by atoms with Crippen molar-refractivity contribution in [3.8, 4) is 0 Å². The second-order valence-electron chi connectivity index (χ2n) is 25.5. The summed E-state index contributed by atoms with van der Waals surface area (Å²) >= 11 is 0. The van der Waals surface area contributed by atoms with Gasteiger partial charge in [0.25, 0.3) is 6.29 Å². The van der Waals surface area contributed by atoms with Crippen LogP contribution in [0, 0.1) is 0 Å². The van der Waals surface area contributed by atoms with Gasteiger partial charge < -0.3 is 28.5 Å². The molecule has 0 aliphatic carbocycles. The molecule has 9 heteroatoms. The van der Waals surface area contributed by atoms with Gasteiger partial charge in [0, 0.05) is 12.8 Å². The van der Waals surface area contributed by atoms with Crippen LogP contribution < -0.4 is 0 Å². The second-order valence-corrected chi connectivity index (χ2v) is 25.5. The molecule has 0 saturated carbocycles. The van der Waals surface area contributed by atoms with Gasteiger partial charge in [-0.05, 0) is 116 Å². The molecule has 0 aromatic heterocycles. The Balaban J connectivity index is 4.11. The summed E-state index contributed by atoms with van der Waals surface area (Å²) in [5, 5.41) is 9.76. The Hall–Kier alpha value is -4.83. The van der Waals surface area contributed by atoms with E-state index in [-0.39, 0.29) is 32.2 Å².